The molecule has 0 aromatic rings. The Morgan fingerprint density at radius 2 is 1.62 bits per heavy atom. The van der Waals surface area contributed by atoms with Gasteiger partial charge in [-0.25, -0.2) is 8.42 Å². The Morgan fingerprint density at radius 3 is 1.77 bits per heavy atom. The lowest BCUT2D eigenvalue weighted by atomic mass is 9.86. The maximum Gasteiger partial charge on any atom is 0.198 e. The van der Waals surface area contributed by atoms with Crippen molar-refractivity contribution < 1.29 is 8.42 Å². The minimum absolute atomic E-state index is 0.0884. The Kier molecular flexibility index (Phi) is 2.19. The molecule has 1 heterocycles. The first kappa shape index (κ1) is 10.5. The van der Waals surface area contributed by atoms with Gasteiger partial charge in [-0.15, -0.1) is 0 Å². The maximum atomic E-state index is 11.6. The molecule has 1 aliphatic rings. The highest BCUT2D eigenvalue weighted by molar-refractivity contribution is 7.99. The highest BCUT2D eigenvalue weighted by Gasteiger charge is 2.31. The average Bonchev–Trinajstić information content (AvgIpc) is 2.12. The second-order valence-electron chi connectivity index (χ2n) is 4.48. The molecule has 0 saturated carbocycles. The van der Waals surface area contributed by atoms with Crippen LogP contribution in [0.5, 0.6) is 0 Å². The minimum atomic E-state index is -3.10. The van der Waals surface area contributed by atoms with Gasteiger partial charge < -0.3 is 0 Å². The predicted molar refractivity (Wildman–Crippen MR) is 54.8 cm³/mol. The molecule has 13 heavy (non-hydrogen) atoms. The summed E-state index contributed by atoms with van der Waals surface area (Å²) in [6, 6.07) is 0. The van der Waals surface area contributed by atoms with E-state index in [0.29, 0.717) is 9.81 Å². The lowest BCUT2D eigenvalue weighted by Gasteiger charge is -2.19. The smallest absolute Gasteiger partial charge is 0.198 e. The summed E-state index contributed by atoms with van der Waals surface area (Å²) in [6.07, 6.45) is 1.78. The molecule has 0 radical (unpaired) electrons. The fourth-order valence-corrected chi connectivity index (χ4v) is 2.92. The molecule has 1 rings (SSSR count). The average molecular weight is 200 g/mol. The molecule has 0 bridgehead atoms. The monoisotopic (exact) mass is 200 g/mol. The second kappa shape index (κ2) is 2.71. The topological polar surface area (TPSA) is 34.1 Å². The minimum Gasteiger partial charge on any atom is -0.219 e. The van der Waals surface area contributed by atoms with Gasteiger partial charge in [0.05, 0.1) is 0 Å². The van der Waals surface area contributed by atoms with Gasteiger partial charge in [0.1, 0.15) is 0 Å². The van der Waals surface area contributed by atoms with Crippen LogP contribution in [0.25, 0.3) is 0 Å². The number of hydrogen-bond acceptors (Lipinski definition) is 2. The quantitative estimate of drug-likeness (QED) is 0.602. The van der Waals surface area contributed by atoms with E-state index in [4.69, 9.17) is 0 Å². The van der Waals surface area contributed by atoms with E-state index in [-0.39, 0.29) is 5.41 Å². The summed E-state index contributed by atoms with van der Waals surface area (Å²) in [7, 11) is -3.10. The van der Waals surface area contributed by atoms with Gasteiger partial charge in [-0.3, -0.25) is 0 Å². The summed E-state index contributed by atoms with van der Waals surface area (Å²) < 4.78 is 23.2. The first-order valence-corrected chi connectivity index (χ1v) is 5.80. The van der Waals surface area contributed by atoms with E-state index in [9.17, 15) is 8.42 Å². The molecule has 1 aliphatic heterocycles. The highest BCUT2D eigenvalue weighted by Crippen LogP contribution is 2.38. The van der Waals surface area contributed by atoms with Crippen molar-refractivity contribution in [2.24, 2.45) is 5.41 Å². The van der Waals surface area contributed by atoms with E-state index in [1.165, 1.54) is 0 Å². The van der Waals surface area contributed by atoms with E-state index in [1.807, 2.05) is 20.8 Å². The Hall–Kier alpha value is -0.570. The van der Waals surface area contributed by atoms with Gasteiger partial charge in [0, 0.05) is 9.81 Å². The summed E-state index contributed by atoms with van der Waals surface area (Å²) in [5, 5.41) is 0. The predicted octanol–water partition coefficient (Wildman–Crippen LogP) is 2.64. The normalized spacial score (nSPS) is 22.1. The van der Waals surface area contributed by atoms with Crippen molar-refractivity contribution >= 4 is 9.84 Å². The van der Waals surface area contributed by atoms with Crippen LogP contribution in [0.2, 0.25) is 0 Å². The van der Waals surface area contributed by atoms with Gasteiger partial charge in [0.2, 0.25) is 0 Å². The van der Waals surface area contributed by atoms with Gasteiger partial charge in [0.25, 0.3) is 0 Å². The van der Waals surface area contributed by atoms with Crippen LogP contribution in [0.3, 0.4) is 0 Å². The zero-order chi connectivity index (χ0) is 10.4. The van der Waals surface area contributed by atoms with Crippen LogP contribution in [0.4, 0.5) is 0 Å². The Labute approximate surface area is 80.3 Å². The van der Waals surface area contributed by atoms with Crippen molar-refractivity contribution in [2.75, 3.05) is 0 Å². The zero-order valence-corrected chi connectivity index (χ0v) is 9.62. The second-order valence-corrected chi connectivity index (χ2v) is 6.74. The van der Waals surface area contributed by atoms with Crippen LogP contribution in [-0.4, -0.2) is 8.42 Å². The van der Waals surface area contributed by atoms with Crippen molar-refractivity contribution in [2.45, 2.75) is 34.6 Å². The maximum absolute atomic E-state index is 11.6. The van der Waals surface area contributed by atoms with Crippen LogP contribution in [0.15, 0.2) is 21.5 Å². The molecule has 0 unspecified atom stereocenters. The van der Waals surface area contributed by atoms with E-state index in [0.717, 1.165) is 5.57 Å². The summed E-state index contributed by atoms with van der Waals surface area (Å²) in [5.74, 6) is 0. The van der Waals surface area contributed by atoms with E-state index in [2.05, 4.69) is 0 Å². The molecule has 0 N–H and O–H groups in total. The summed E-state index contributed by atoms with van der Waals surface area (Å²) in [6.45, 7) is 9.41. The molecule has 0 saturated heterocycles. The molecule has 74 valence electrons. The molecule has 0 aromatic carbocycles. The van der Waals surface area contributed by atoms with Crippen molar-refractivity contribution in [3.05, 3.63) is 21.5 Å². The van der Waals surface area contributed by atoms with Crippen LogP contribution in [0, 0.1) is 5.41 Å². The molecule has 0 aromatic heterocycles. The lowest BCUT2D eigenvalue weighted by Crippen LogP contribution is -2.09. The van der Waals surface area contributed by atoms with E-state index >= 15 is 0 Å². The van der Waals surface area contributed by atoms with Gasteiger partial charge in [-0.2, -0.15) is 0 Å². The number of allylic oxidation sites excluding steroid dienone is 4. The van der Waals surface area contributed by atoms with Crippen LogP contribution in [-0.2, 0) is 9.84 Å². The molecule has 0 amide bonds. The molecule has 3 heteroatoms. The standard InChI is InChI=1S/C10H16O2S/c1-7-6-9(10(3,4)5)8(2)13(7,11)12/h6H,1-5H3. The Balaban J connectivity index is 3.39. The molecule has 0 atom stereocenters. The zero-order valence-electron chi connectivity index (χ0n) is 8.80. The van der Waals surface area contributed by atoms with Gasteiger partial charge >= 0.3 is 0 Å². The summed E-state index contributed by atoms with van der Waals surface area (Å²) >= 11 is 0. The van der Waals surface area contributed by atoms with Crippen LogP contribution < -0.4 is 0 Å². The molecule has 2 nitrogen and oxygen atoms in total. The molecule has 0 spiro atoms. The first-order valence-electron chi connectivity index (χ1n) is 4.32. The Morgan fingerprint density at radius 1 is 1.15 bits per heavy atom. The van der Waals surface area contributed by atoms with Gasteiger partial charge in [-0.1, -0.05) is 20.8 Å². The molecule has 0 fully saturated rings. The van der Waals surface area contributed by atoms with Crippen LogP contribution >= 0.6 is 0 Å². The van der Waals surface area contributed by atoms with Gasteiger partial charge in [0.15, 0.2) is 9.84 Å². The SMILES string of the molecule is CC1=CC(C(C)(C)C)=C(C)S1(=O)=O. The third-order valence-corrected chi connectivity index (χ3v) is 4.35. The van der Waals surface area contributed by atoms with Crippen molar-refractivity contribution in [3.63, 3.8) is 0 Å². The fraction of sp³-hybridized carbons (Fsp3) is 0.600. The fourth-order valence-electron chi connectivity index (χ4n) is 1.51. The van der Waals surface area contributed by atoms with Crippen molar-refractivity contribution in [1.82, 2.24) is 0 Å². The number of hydrogen-bond donors (Lipinski definition) is 0. The van der Waals surface area contributed by atoms with Crippen LogP contribution in [0.1, 0.15) is 34.6 Å². The largest absolute Gasteiger partial charge is 0.219 e. The number of rotatable bonds is 0. The number of sulfone groups is 1. The van der Waals surface area contributed by atoms with Crippen molar-refractivity contribution in [3.8, 4) is 0 Å². The Bertz CT molecular complexity index is 389. The van der Waals surface area contributed by atoms with E-state index in [1.54, 1.807) is 19.9 Å². The van der Waals surface area contributed by atoms with E-state index < -0.39 is 9.84 Å². The third kappa shape index (κ3) is 1.57. The van der Waals surface area contributed by atoms with Gasteiger partial charge in [-0.05, 0) is 30.9 Å². The van der Waals surface area contributed by atoms with Crippen molar-refractivity contribution in [1.29, 1.82) is 0 Å². The summed E-state index contributed by atoms with van der Waals surface area (Å²) in [5.41, 5.74) is 0.847. The molecular weight excluding hydrogens is 184 g/mol. The molecule has 0 aliphatic carbocycles. The third-order valence-electron chi connectivity index (χ3n) is 2.36. The highest BCUT2D eigenvalue weighted by atomic mass is 32.2. The molecular formula is C10H16O2S. The lowest BCUT2D eigenvalue weighted by molar-refractivity contribution is 0.515. The first-order chi connectivity index (χ1) is 5.67. The summed E-state index contributed by atoms with van der Waals surface area (Å²) in [4.78, 5) is 0.979.